The molecule has 0 radical (unpaired) electrons. The molecule has 0 aromatic rings. The maximum atomic E-state index is 5.68. The van der Waals surface area contributed by atoms with Crippen LogP contribution in [0.4, 0.5) is 0 Å². The van der Waals surface area contributed by atoms with Crippen molar-refractivity contribution in [2.45, 2.75) is 25.3 Å². The Morgan fingerprint density at radius 3 is 2.70 bits per heavy atom. The van der Waals surface area contributed by atoms with Gasteiger partial charge in [-0.05, 0) is 6.42 Å². The molecule has 0 heterocycles. The quantitative estimate of drug-likeness (QED) is 0.342. The van der Waals surface area contributed by atoms with Crippen LogP contribution >= 0.6 is 11.6 Å². The van der Waals surface area contributed by atoms with Crippen LogP contribution in [0.25, 0.3) is 0 Å². The van der Waals surface area contributed by atoms with Gasteiger partial charge in [0, 0.05) is 13.0 Å². The van der Waals surface area contributed by atoms with Crippen LogP contribution < -0.4 is 0 Å². The van der Waals surface area contributed by atoms with Gasteiger partial charge in [0.1, 0.15) is 16.0 Å². The lowest BCUT2D eigenvalue weighted by Gasteiger charge is -2.06. The van der Waals surface area contributed by atoms with E-state index in [2.05, 4.69) is 6.92 Å². The molecule has 0 fully saturated rings. The maximum absolute atomic E-state index is 5.68. The zero-order valence-corrected chi connectivity index (χ0v) is 9.36. The average molecular weight is 183 g/mol. The second-order valence-corrected chi connectivity index (χ2v) is 3.00. The Labute approximate surface area is 70.4 Å². The fraction of sp³-hybridized carbons (Fsp3) is 1.00. The van der Waals surface area contributed by atoms with Gasteiger partial charge in [0.15, 0.2) is 0 Å². The van der Waals surface area contributed by atoms with E-state index < -0.39 is 0 Å². The molecule has 0 aliphatic heterocycles. The summed E-state index contributed by atoms with van der Waals surface area (Å²) in [6.45, 7) is 3.62. The fourth-order valence-corrected chi connectivity index (χ4v) is 0.865. The Bertz CT molecular complexity index is 72.8. The molecular formula is C6H15ClO2Si. The van der Waals surface area contributed by atoms with Gasteiger partial charge in [-0.25, -0.2) is 0 Å². The van der Waals surface area contributed by atoms with E-state index in [-0.39, 0.29) is 5.56 Å². The predicted octanol–water partition coefficient (Wildman–Crippen LogP) is 0.665. The Hall–Kier alpha value is 0.427. The molecule has 0 aromatic carbocycles. The van der Waals surface area contributed by atoms with Gasteiger partial charge in [-0.2, -0.15) is 0 Å². The van der Waals surface area contributed by atoms with Crippen molar-refractivity contribution in [3.63, 3.8) is 0 Å². The molecule has 0 aliphatic rings. The number of alkyl halides is 1. The molecule has 0 aromatic heterocycles. The van der Waals surface area contributed by atoms with Crippen LogP contribution in [0.1, 0.15) is 19.8 Å². The van der Waals surface area contributed by atoms with Crippen LogP contribution in [-0.4, -0.2) is 29.3 Å². The Morgan fingerprint density at radius 1 is 1.50 bits per heavy atom. The first-order valence-corrected chi connectivity index (χ1v) is 4.81. The molecule has 0 spiro atoms. The van der Waals surface area contributed by atoms with Crippen LogP contribution in [0.5, 0.6) is 0 Å². The number of hydrogen-bond donors (Lipinski definition) is 0. The molecular weight excluding hydrogens is 168 g/mol. The minimum atomic E-state index is -0.136. The average Bonchev–Trinajstić information content (AvgIpc) is 1.98. The second-order valence-electron chi connectivity index (χ2n) is 2.05. The normalized spacial score (nSPS) is 13.8. The van der Waals surface area contributed by atoms with Crippen molar-refractivity contribution in [2.75, 3.05) is 13.2 Å². The largest absolute Gasteiger partial charge is 0.412 e. The first-order chi connectivity index (χ1) is 4.81. The summed E-state index contributed by atoms with van der Waals surface area (Å²) in [5.41, 5.74) is -0.136. The fourth-order valence-electron chi connectivity index (χ4n) is 0.540. The van der Waals surface area contributed by atoms with Crippen molar-refractivity contribution in [3.05, 3.63) is 0 Å². The summed E-state index contributed by atoms with van der Waals surface area (Å²) in [6, 6.07) is 0. The highest BCUT2D eigenvalue weighted by atomic mass is 35.5. The van der Waals surface area contributed by atoms with E-state index in [1.54, 1.807) is 0 Å². The summed E-state index contributed by atoms with van der Waals surface area (Å²) in [6.07, 6.45) is 1.86. The molecule has 0 aliphatic carbocycles. The molecule has 0 N–H and O–H groups in total. The van der Waals surface area contributed by atoms with Gasteiger partial charge < -0.3 is 9.16 Å². The molecule has 0 rings (SSSR count). The van der Waals surface area contributed by atoms with Gasteiger partial charge in [0.25, 0.3) is 0 Å². The highest BCUT2D eigenvalue weighted by Crippen LogP contribution is 2.01. The van der Waals surface area contributed by atoms with Crippen molar-refractivity contribution < 1.29 is 9.16 Å². The number of hydrogen-bond acceptors (Lipinski definition) is 2. The lowest BCUT2D eigenvalue weighted by molar-refractivity contribution is 0.115. The summed E-state index contributed by atoms with van der Waals surface area (Å²) in [5.74, 6) is 0. The minimum absolute atomic E-state index is 0.136. The first-order valence-electron chi connectivity index (χ1n) is 3.55. The van der Waals surface area contributed by atoms with Crippen LogP contribution in [0.3, 0.4) is 0 Å². The lowest BCUT2D eigenvalue weighted by Crippen LogP contribution is -2.07. The zero-order chi connectivity index (χ0) is 7.82. The Morgan fingerprint density at radius 2 is 2.20 bits per heavy atom. The first kappa shape index (κ1) is 10.4. The van der Waals surface area contributed by atoms with Gasteiger partial charge in [-0.15, -0.1) is 0 Å². The van der Waals surface area contributed by atoms with Crippen LogP contribution in [0.15, 0.2) is 0 Å². The minimum Gasteiger partial charge on any atom is -0.412 e. The molecule has 0 saturated heterocycles. The highest BCUT2D eigenvalue weighted by Gasteiger charge is 1.98. The topological polar surface area (TPSA) is 18.5 Å². The van der Waals surface area contributed by atoms with Crippen molar-refractivity contribution in [3.8, 4) is 0 Å². The monoisotopic (exact) mass is 182 g/mol. The molecule has 0 bridgehead atoms. The third-order valence-electron chi connectivity index (χ3n) is 1.09. The van der Waals surface area contributed by atoms with Gasteiger partial charge in [0.05, 0.1) is 6.61 Å². The lowest BCUT2D eigenvalue weighted by atomic mass is 10.5. The molecule has 10 heavy (non-hydrogen) atoms. The SMILES string of the molecule is CCCOCCC(Cl)O[SiH3]. The zero-order valence-electron chi connectivity index (χ0n) is 6.60. The molecule has 1 atom stereocenters. The van der Waals surface area contributed by atoms with Crippen molar-refractivity contribution in [1.82, 2.24) is 0 Å². The van der Waals surface area contributed by atoms with Gasteiger partial charge in [0.2, 0.25) is 0 Å². The van der Waals surface area contributed by atoms with Crippen molar-refractivity contribution >= 4 is 22.1 Å². The third kappa shape index (κ3) is 6.55. The van der Waals surface area contributed by atoms with Crippen LogP contribution in [0.2, 0.25) is 0 Å². The maximum Gasteiger partial charge on any atom is 0.148 e. The van der Waals surface area contributed by atoms with Gasteiger partial charge in [-0.3, -0.25) is 0 Å². The molecule has 62 valence electrons. The number of halogens is 1. The van der Waals surface area contributed by atoms with E-state index in [0.717, 1.165) is 19.4 Å². The van der Waals surface area contributed by atoms with E-state index in [9.17, 15) is 0 Å². The standard InChI is InChI=1S/C6H15ClO2Si/c1-2-4-8-5-3-6(7)9-10/h6H,2-5H2,1,10H3. The van der Waals surface area contributed by atoms with E-state index in [4.69, 9.17) is 20.8 Å². The highest BCUT2D eigenvalue weighted by molar-refractivity contribution is 6.21. The summed E-state index contributed by atoms with van der Waals surface area (Å²) >= 11 is 5.68. The van der Waals surface area contributed by atoms with E-state index in [1.165, 1.54) is 0 Å². The summed E-state index contributed by atoms with van der Waals surface area (Å²) in [5, 5.41) is 0. The smallest absolute Gasteiger partial charge is 0.148 e. The van der Waals surface area contributed by atoms with Crippen LogP contribution in [0, 0.1) is 0 Å². The van der Waals surface area contributed by atoms with E-state index in [0.29, 0.717) is 17.1 Å². The van der Waals surface area contributed by atoms with Gasteiger partial charge >= 0.3 is 0 Å². The summed E-state index contributed by atoms with van der Waals surface area (Å²) in [7, 11) is 0.705. The molecule has 0 amide bonds. The van der Waals surface area contributed by atoms with Crippen molar-refractivity contribution in [2.24, 2.45) is 0 Å². The third-order valence-corrected chi connectivity index (χ3v) is 2.36. The summed E-state index contributed by atoms with van der Waals surface area (Å²) < 4.78 is 10.2. The summed E-state index contributed by atoms with van der Waals surface area (Å²) in [4.78, 5) is 0. The van der Waals surface area contributed by atoms with Gasteiger partial charge in [-0.1, -0.05) is 18.5 Å². The van der Waals surface area contributed by atoms with Crippen LogP contribution in [-0.2, 0) is 9.16 Å². The van der Waals surface area contributed by atoms with E-state index in [1.807, 2.05) is 0 Å². The predicted molar refractivity (Wildman–Crippen MR) is 46.4 cm³/mol. The molecule has 4 heteroatoms. The number of ether oxygens (including phenoxy) is 1. The van der Waals surface area contributed by atoms with Crippen molar-refractivity contribution in [1.29, 1.82) is 0 Å². The molecule has 2 nitrogen and oxygen atoms in total. The number of rotatable bonds is 6. The van der Waals surface area contributed by atoms with E-state index >= 15 is 0 Å². The Balaban J connectivity index is 2.89. The molecule has 1 unspecified atom stereocenters. The second kappa shape index (κ2) is 7.53. The molecule has 0 saturated carbocycles. The Kier molecular flexibility index (Phi) is 7.85.